The zero-order valence-electron chi connectivity index (χ0n) is 7.43. The molecule has 82 valence electrons. The average Bonchev–Trinajstić information content (AvgIpc) is 2.52. The van der Waals surface area contributed by atoms with Crippen molar-refractivity contribution in [2.45, 2.75) is 13.5 Å². The van der Waals surface area contributed by atoms with Crippen LogP contribution in [0.15, 0.2) is 4.52 Å². The van der Waals surface area contributed by atoms with Crippen molar-refractivity contribution in [3.8, 4) is 0 Å². The molecule has 1 heterocycles. The molecule has 6 nitrogen and oxygen atoms in total. The highest BCUT2D eigenvalue weighted by atomic mass is 35.5. The topological polar surface area (TPSA) is 91.2 Å². The highest BCUT2D eigenvalue weighted by molar-refractivity contribution is 5.85. The fraction of sp³-hybridized carbons (Fsp3) is 0.500. The van der Waals surface area contributed by atoms with Gasteiger partial charge in [-0.1, -0.05) is 0 Å². The normalized spacial score (nSPS) is 8.43. The van der Waals surface area contributed by atoms with Crippen molar-refractivity contribution in [2.24, 2.45) is 5.73 Å². The van der Waals surface area contributed by atoms with Gasteiger partial charge in [-0.15, -0.1) is 24.8 Å². The molecule has 0 atom stereocenters. The van der Waals surface area contributed by atoms with E-state index in [2.05, 4.69) is 19.4 Å². The SMILES string of the molecule is CCOC(=O)c1noc(CN)n1.Cl.Cl. The Kier molecular flexibility index (Phi) is 8.41. The fourth-order valence-corrected chi connectivity index (χ4v) is 0.616. The maximum atomic E-state index is 10.9. The van der Waals surface area contributed by atoms with Crippen molar-refractivity contribution in [3.63, 3.8) is 0 Å². The third kappa shape index (κ3) is 3.91. The Morgan fingerprint density at radius 3 is 2.64 bits per heavy atom. The predicted octanol–water partition coefficient (Wildman–Crippen LogP) is 0.549. The lowest BCUT2D eigenvalue weighted by molar-refractivity contribution is 0.0508. The lowest BCUT2D eigenvalue weighted by atomic mass is 10.6. The van der Waals surface area contributed by atoms with Gasteiger partial charge in [-0.05, 0) is 12.1 Å². The summed E-state index contributed by atoms with van der Waals surface area (Å²) >= 11 is 0. The molecule has 0 unspecified atom stereocenters. The van der Waals surface area contributed by atoms with E-state index >= 15 is 0 Å². The average molecular weight is 244 g/mol. The Balaban J connectivity index is 0. The van der Waals surface area contributed by atoms with E-state index in [1.807, 2.05) is 0 Å². The van der Waals surface area contributed by atoms with Gasteiger partial charge in [0.25, 0.3) is 5.82 Å². The zero-order chi connectivity index (χ0) is 8.97. The van der Waals surface area contributed by atoms with E-state index in [4.69, 9.17) is 5.73 Å². The van der Waals surface area contributed by atoms with Gasteiger partial charge in [-0.2, -0.15) is 4.98 Å². The Labute approximate surface area is 93.0 Å². The molecule has 0 amide bonds. The van der Waals surface area contributed by atoms with Gasteiger partial charge in [-0.25, -0.2) is 4.79 Å². The Hall–Kier alpha value is -0.850. The Morgan fingerprint density at radius 1 is 1.57 bits per heavy atom. The summed E-state index contributed by atoms with van der Waals surface area (Å²) in [6.07, 6.45) is 0. The summed E-state index contributed by atoms with van der Waals surface area (Å²) < 4.78 is 9.22. The summed E-state index contributed by atoms with van der Waals surface area (Å²) in [7, 11) is 0. The molecule has 0 fully saturated rings. The maximum absolute atomic E-state index is 10.9. The van der Waals surface area contributed by atoms with E-state index in [1.165, 1.54) is 0 Å². The van der Waals surface area contributed by atoms with Crippen LogP contribution < -0.4 is 5.73 Å². The van der Waals surface area contributed by atoms with Crippen LogP contribution in [0, 0.1) is 0 Å². The summed E-state index contributed by atoms with van der Waals surface area (Å²) in [6.45, 7) is 2.10. The van der Waals surface area contributed by atoms with Crippen LogP contribution in [0.2, 0.25) is 0 Å². The minimum absolute atomic E-state index is 0. The van der Waals surface area contributed by atoms with Crippen LogP contribution in [0.4, 0.5) is 0 Å². The first kappa shape index (κ1) is 15.6. The van der Waals surface area contributed by atoms with E-state index in [0.29, 0.717) is 0 Å². The fourth-order valence-electron chi connectivity index (χ4n) is 0.616. The molecular weight excluding hydrogens is 233 g/mol. The van der Waals surface area contributed by atoms with Gasteiger partial charge in [0.05, 0.1) is 13.2 Å². The van der Waals surface area contributed by atoms with Crippen molar-refractivity contribution < 1.29 is 14.1 Å². The summed E-state index contributed by atoms with van der Waals surface area (Å²) in [6, 6.07) is 0. The molecule has 0 saturated carbocycles. The number of carbonyl (C=O) groups is 1. The van der Waals surface area contributed by atoms with E-state index in [1.54, 1.807) is 6.92 Å². The number of hydrogen-bond acceptors (Lipinski definition) is 6. The van der Waals surface area contributed by atoms with Crippen molar-refractivity contribution in [2.75, 3.05) is 6.61 Å². The van der Waals surface area contributed by atoms with E-state index in [-0.39, 0.29) is 49.7 Å². The van der Waals surface area contributed by atoms with Gasteiger partial charge in [-0.3, -0.25) is 0 Å². The Morgan fingerprint density at radius 2 is 2.21 bits per heavy atom. The molecule has 0 aliphatic heterocycles. The van der Waals surface area contributed by atoms with Crippen LogP contribution in [0.25, 0.3) is 0 Å². The monoisotopic (exact) mass is 243 g/mol. The number of nitrogens with zero attached hydrogens (tertiary/aromatic N) is 2. The lowest BCUT2D eigenvalue weighted by Crippen LogP contribution is -2.07. The number of esters is 1. The number of hydrogen-bond donors (Lipinski definition) is 1. The van der Waals surface area contributed by atoms with Crippen LogP contribution in [-0.2, 0) is 11.3 Å². The molecule has 0 radical (unpaired) electrons. The summed E-state index contributed by atoms with van der Waals surface area (Å²) in [5.74, 6) is -0.462. The number of ether oxygens (including phenoxy) is 1. The number of carbonyl (C=O) groups excluding carboxylic acids is 1. The second-order valence-electron chi connectivity index (χ2n) is 1.94. The molecule has 0 aromatic carbocycles. The quantitative estimate of drug-likeness (QED) is 0.780. The standard InChI is InChI=1S/C6H9N3O3.2ClH/c1-2-11-6(10)5-8-4(3-7)12-9-5;;/h2-3,7H2,1H3;2*1H. The van der Waals surface area contributed by atoms with Crippen LogP contribution in [0.3, 0.4) is 0 Å². The minimum Gasteiger partial charge on any atom is -0.460 e. The third-order valence-corrected chi connectivity index (χ3v) is 1.10. The smallest absolute Gasteiger partial charge is 0.379 e. The number of aromatic nitrogens is 2. The van der Waals surface area contributed by atoms with E-state index < -0.39 is 5.97 Å². The molecule has 8 heteroatoms. The molecule has 0 saturated heterocycles. The third-order valence-electron chi connectivity index (χ3n) is 1.10. The number of rotatable bonds is 3. The molecule has 0 spiro atoms. The highest BCUT2D eigenvalue weighted by Crippen LogP contribution is 1.97. The molecule has 1 aromatic rings. The molecule has 14 heavy (non-hydrogen) atoms. The molecule has 0 bridgehead atoms. The van der Waals surface area contributed by atoms with Crippen LogP contribution >= 0.6 is 24.8 Å². The first-order chi connectivity index (χ1) is 5.77. The van der Waals surface area contributed by atoms with Gasteiger partial charge in [0.15, 0.2) is 0 Å². The molecule has 1 rings (SSSR count). The lowest BCUT2D eigenvalue weighted by Gasteiger charge is -1.93. The summed E-state index contributed by atoms with van der Waals surface area (Å²) in [5.41, 5.74) is 5.19. The summed E-state index contributed by atoms with van der Waals surface area (Å²) in [5, 5.41) is 3.36. The minimum atomic E-state index is -0.596. The molecule has 0 aliphatic rings. The second kappa shape index (κ2) is 7.54. The number of halogens is 2. The second-order valence-corrected chi connectivity index (χ2v) is 1.94. The molecular formula is C6H11Cl2N3O3. The van der Waals surface area contributed by atoms with Crippen molar-refractivity contribution in [3.05, 3.63) is 11.7 Å². The van der Waals surface area contributed by atoms with Gasteiger partial charge < -0.3 is 15.0 Å². The Bertz CT molecular complexity index is 279. The van der Waals surface area contributed by atoms with Crippen molar-refractivity contribution in [1.82, 2.24) is 10.1 Å². The first-order valence-electron chi connectivity index (χ1n) is 3.47. The number of nitrogens with two attached hydrogens (primary N) is 1. The zero-order valence-corrected chi connectivity index (χ0v) is 9.06. The van der Waals surface area contributed by atoms with Crippen LogP contribution in [0.5, 0.6) is 0 Å². The predicted molar refractivity (Wildman–Crippen MR) is 52.6 cm³/mol. The summed E-state index contributed by atoms with van der Waals surface area (Å²) in [4.78, 5) is 14.6. The van der Waals surface area contributed by atoms with E-state index in [9.17, 15) is 4.79 Å². The van der Waals surface area contributed by atoms with Gasteiger partial charge >= 0.3 is 5.97 Å². The molecule has 1 aromatic heterocycles. The van der Waals surface area contributed by atoms with Crippen molar-refractivity contribution >= 4 is 30.8 Å². The van der Waals surface area contributed by atoms with Gasteiger partial charge in [0.2, 0.25) is 5.89 Å². The van der Waals surface area contributed by atoms with Gasteiger partial charge in [0, 0.05) is 0 Å². The van der Waals surface area contributed by atoms with Crippen molar-refractivity contribution in [1.29, 1.82) is 0 Å². The van der Waals surface area contributed by atoms with Gasteiger partial charge in [0.1, 0.15) is 0 Å². The maximum Gasteiger partial charge on any atom is 0.379 e. The van der Waals surface area contributed by atoms with Crippen LogP contribution in [-0.4, -0.2) is 22.7 Å². The molecule has 0 aliphatic carbocycles. The molecule has 2 N–H and O–H groups in total. The van der Waals surface area contributed by atoms with E-state index in [0.717, 1.165) is 0 Å². The highest BCUT2D eigenvalue weighted by Gasteiger charge is 2.14. The largest absolute Gasteiger partial charge is 0.460 e. The van der Waals surface area contributed by atoms with Crippen LogP contribution in [0.1, 0.15) is 23.4 Å². The first-order valence-corrected chi connectivity index (χ1v) is 3.47.